The molecule has 0 radical (unpaired) electrons. The van der Waals surface area contributed by atoms with Gasteiger partial charge in [0, 0.05) is 11.1 Å². The quantitative estimate of drug-likeness (QED) is 0.265. The Labute approximate surface area is 193 Å². The number of benzene rings is 5. The highest BCUT2D eigenvalue weighted by atomic mass is 19.4. The van der Waals surface area contributed by atoms with Gasteiger partial charge in [0.15, 0.2) is 0 Å². The maximum absolute atomic E-state index is 13.8. The topological polar surface area (TPSA) is 25.8 Å². The number of aromatic nitrogens is 2. The van der Waals surface area contributed by atoms with Crippen molar-refractivity contribution in [3.63, 3.8) is 0 Å². The summed E-state index contributed by atoms with van der Waals surface area (Å²) in [4.78, 5) is 9.31. The van der Waals surface area contributed by atoms with Crippen LogP contribution in [0.4, 0.5) is 13.2 Å². The van der Waals surface area contributed by atoms with E-state index in [0.717, 1.165) is 33.2 Å². The van der Waals surface area contributed by atoms with E-state index in [2.05, 4.69) is 4.98 Å². The third-order valence-electron chi connectivity index (χ3n) is 6.05. The van der Waals surface area contributed by atoms with Gasteiger partial charge in [0.25, 0.3) is 0 Å². The van der Waals surface area contributed by atoms with E-state index >= 15 is 0 Å². The lowest BCUT2D eigenvalue weighted by Crippen LogP contribution is -2.08. The van der Waals surface area contributed by atoms with E-state index in [1.165, 1.54) is 6.07 Å². The molecule has 0 N–H and O–H groups in total. The number of halogens is 3. The summed E-state index contributed by atoms with van der Waals surface area (Å²) >= 11 is 0. The molecule has 0 unspecified atom stereocenters. The van der Waals surface area contributed by atoms with Crippen LogP contribution in [0, 0.1) is 0 Å². The zero-order valence-corrected chi connectivity index (χ0v) is 17.8. The molecule has 6 rings (SSSR count). The molecule has 0 saturated carbocycles. The highest BCUT2D eigenvalue weighted by Crippen LogP contribution is 2.38. The number of nitrogens with zero attached hydrogens (tertiary/aromatic N) is 2. The van der Waals surface area contributed by atoms with Gasteiger partial charge in [-0.2, -0.15) is 13.2 Å². The van der Waals surface area contributed by atoms with E-state index in [1.54, 1.807) is 6.07 Å². The lowest BCUT2D eigenvalue weighted by molar-refractivity contribution is -0.136. The Kier molecular flexibility index (Phi) is 4.59. The van der Waals surface area contributed by atoms with Crippen molar-refractivity contribution in [3.05, 3.63) is 109 Å². The van der Waals surface area contributed by atoms with Gasteiger partial charge in [0.1, 0.15) is 5.52 Å². The molecule has 0 aliphatic heterocycles. The molecule has 0 bridgehead atoms. The van der Waals surface area contributed by atoms with Gasteiger partial charge in [-0.05, 0) is 45.8 Å². The summed E-state index contributed by atoms with van der Waals surface area (Å²) in [6.07, 6.45) is -4.53. The van der Waals surface area contributed by atoms with Crippen molar-refractivity contribution in [3.8, 4) is 22.5 Å². The van der Waals surface area contributed by atoms with Crippen molar-refractivity contribution >= 4 is 32.6 Å². The Morgan fingerprint density at radius 3 is 1.59 bits per heavy atom. The van der Waals surface area contributed by atoms with Gasteiger partial charge < -0.3 is 0 Å². The molecule has 0 amide bonds. The molecule has 5 heteroatoms. The SMILES string of the molecule is FC(F)(F)c1cccc2nc(-c3ccc4ccccc4c3)c(-c3ccc4ccccc4c3)nc12. The second kappa shape index (κ2) is 7.66. The Hall–Kier alpha value is -4.25. The van der Waals surface area contributed by atoms with Crippen LogP contribution in [-0.4, -0.2) is 9.97 Å². The minimum Gasteiger partial charge on any atom is -0.244 e. The monoisotopic (exact) mass is 450 g/mol. The highest BCUT2D eigenvalue weighted by Gasteiger charge is 2.34. The van der Waals surface area contributed by atoms with Gasteiger partial charge >= 0.3 is 6.18 Å². The Morgan fingerprint density at radius 2 is 1.03 bits per heavy atom. The molecule has 0 atom stereocenters. The van der Waals surface area contributed by atoms with Crippen molar-refractivity contribution in [1.29, 1.82) is 0 Å². The zero-order valence-electron chi connectivity index (χ0n) is 17.8. The minimum absolute atomic E-state index is 0.150. The highest BCUT2D eigenvalue weighted by molar-refractivity contribution is 5.94. The van der Waals surface area contributed by atoms with Crippen LogP contribution in [0.5, 0.6) is 0 Å². The van der Waals surface area contributed by atoms with E-state index in [1.807, 2.05) is 84.9 Å². The van der Waals surface area contributed by atoms with E-state index in [0.29, 0.717) is 17.0 Å². The fraction of sp³-hybridized carbons (Fsp3) is 0.0345. The predicted molar refractivity (Wildman–Crippen MR) is 130 cm³/mol. The standard InChI is InChI=1S/C29H17F3N2/c30-29(31,32)24-10-5-11-25-28(24)34-27(23-15-13-19-7-2-4-9-21(19)17-23)26(33-25)22-14-12-18-6-1-3-8-20(18)16-22/h1-17H. The Bertz CT molecular complexity index is 1700. The number of fused-ring (bicyclic) bond motifs is 3. The van der Waals surface area contributed by atoms with E-state index in [-0.39, 0.29) is 11.0 Å². The van der Waals surface area contributed by atoms with Crippen LogP contribution < -0.4 is 0 Å². The van der Waals surface area contributed by atoms with Crippen LogP contribution in [0.15, 0.2) is 103 Å². The molecule has 2 nitrogen and oxygen atoms in total. The summed E-state index contributed by atoms with van der Waals surface area (Å²) in [5.41, 5.74) is 1.76. The molecule has 0 aliphatic carbocycles. The summed E-state index contributed by atoms with van der Waals surface area (Å²) in [5.74, 6) is 0. The number of para-hydroxylation sites is 1. The first-order valence-corrected chi connectivity index (χ1v) is 10.8. The molecule has 1 heterocycles. The summed E-state index contributed by atoms with van der Waals surface area (Å²) in [6, 6.07) is 31.5. The number of alkyl halides is 3. The molecule has 0 fully saturated rings. The van der Waals surface area contributed by atoms with Gasteiger partial charge in [0.2, 0.25) is 0 Å². The summed E-state index contributed by atoms with van der Waals surface area (Å²) in [6.45, 7) is 0. The number of rotatable bonds is 2. The molecule has 0 spiro atoms. The van der Waals surface area contributed by atoms with Crippen molar-refractivity contribution in [2.45, 2.75) is 6.18 Å². The smallest absolute Gasteiger partial charge is 0.244 e. The number of hydrogen-bond donors (Lipinski definition) is 0. The third kappa shape index (κ3) is 3.46. The van der Waals surface area contributed by atoms with Crippen LogP contribution in [0.1, 0.15) is 5.56 Å². The molecule has 0 saturated heterocycles. The largest absolute Gasteiger partial charge is 0.418 e. The molecule has 0 aliphatic rings. The van der Waals surface area contributed by atoms with Crippen LogP contribution in [-0.2, 0) is 6.18 Å². The van der Waals surface area contributed by atoms with Crippen LogP contribution in [0.25, 0.3) is 55.1 Å². The minimum atomic E-state index is -4.53. The molecule has 6 aromatic rings. The van der Waals surface area contributed by atoms with Crippen molar-refractivity contribution in [2.75, 3.05) is 0 Å². The molecular weight excluding hydrogens is 433 g/mol. The van der Waals surface area contributed by atoms with Gasteiger partial charge in [-0.15, -0.1) is 0 Å². The lowest BCUT2D eigenvalue weighted by Gasteiger charge is -2.15. The summed E-state index contributed by atoms with van der Waals surface area (Å²) in [7, 11) is 0. The van der Waals surface area contributed by atoms with E-state index in [9.17, 15) is 13.2 Å². The Morgan fingerprint density at radius 1 is 0.500 bits per heavy atom. The van der Waals surface area contributed by atoms with E-state index < -0.39 is 11.7 Å². The van der Waals surface area contributed by atoms with E-state index in [4.69, 9.17) is 4.98 Å². The fourth-order valence-corrected chi connectivity index (χ4v) is 4.38. The summed E-state index contributed by atoms with van der Waals surface area (Å²) in [5, 5.41) is 4.13. The average molecular weight is 450 g/mol. The molecule has 164 valence electrons. The second-order valence-electron chi connectivity index (χ2n) is 8.22. The molecular formula is C29H17F3N2. The lowest BCUT2D eigenvalue weighted by atomic mass is 9.98. The first-order valence-electron chi connectivity index (χ1n) is 10.8. The summed E-state index contributed by atoms with van der Waals surface area (Å²) < 4.78 is 41.4. The zero-order chi connectivity index (χ0) is 23.3. The van der Waals surface area contributed by atoms with Gasteiger partial charge in [0.05, 0.1) is 22.5 Å². The van der Waals surface area contributed by atoms with Crippen LogP contribution in [0.3, 0.4) is 0 Å². The maximum atomic E-state index is 13.8. The van der Waals surface area contributed by atoms with Crippen molar-refractivity contribution in [2.24, 2.45) is 0 Å². The molecule has 34 heavy (non-hydrogen) atoms. The van der Waals surface area contributed by atoms with Gasteiger partial charge in [-0.3, -0.25) is 0 Å². The van der Waals surface area contributed by atoms with Crippen LogP contribution >= 0.6 is 0 Å². The first-order chi connectivity index (χ1) is 16.5. The predicted octanol–water partition coefficient (Wildman–Crippen LogP) is 8.29. The van der Waals surface area contributed by atoms with Gasteiger partial charge in [-0.1, -0.05) is 78.9 Å². The first kappa shape index (κ1) is 20.4. The molecule has 5 aromatic carbocycles. The average Bonchev–Trinajstić information content (AvgIpc) is 2.86. The van der Waals surface area contributed by atoms with Gasteiger partial charge in [-0.25, -0.2) is 9.97 Å². The maximum Gasteiger partial charge on any atom is 0.418 e. The normalized spacial score (nSPS) is 12.0. The van der Waals surface area contributed by atoms with Crippen LogP contribution in [0.2, 0.25) is 0 Å². The van der Waals surface area contributed by atoms with Crippen molar-refractivity contribution < 1.29 is 13.2 Å². The number of hydrogen-bond acceptors (Lipinski definition) is 2. The second-order valence-corrected chi connectivity index (χ2v) is 8.22. The molecule has 1 aromatic heterocycles. The Balaban J connectivity index is 1.68. The van der Waals surface area contributed by atoms with Crippen molar-refractivity contribution in [1.82, 2.24) is 9.97 Å². The third-order valence-corrected chi connectivity index (χ3v) is 6.05. The fourth-order valence-electron chi connectivity index (χ4n) is 4.38.